The Morgan fingerprint density at radius 3 is 2.38 bits per heavy atom. The highest BCUT2D eigenvalue weighted by Gasteiger charge is 2.09. The molecule has 0 spiro atoms. The number of hydrogen-bond acceptors (Lipinski definition) is 2. The van der Waals surface area contributed by atoms with Gasteiger partial charge in [0.15, 0.2) is 0 Å². The van der Waals surface area contributed by atoms with Crippen molar-refractivity contribution in [2.45, 2.75) is 33.4 Å². The average molecular weight is 370 g/mol. The van der Waals surface area contributed by atoms with Gasteiger partial charge in [-0.25, -0.2) is 0 Å². The molecule has 0 saturated carbocycles. The first-order valence-corrected chi connectivity index (χ1v) is 9.12. The lowest BCUT2D eigenvalue weighted by atomic mass is 10.0. The summed E-state index contributed by atoms with van der Waals surface area (Å²) >= 11 is 0. The normalized spacial score (nSPS) is 10.7. The molecule has 0 aromatic heterocycles. The fourth-order valence-electron chi connectivity index (χ4n) is 2.97. The summed E-state index contributed by atoms with van der Waals surface area (Å²) in [5.41, 5.74) is 2.44. The summed E-state index contributed by atoms with van der Waals surface area (Å²) in [6.45, 7) is 6.97. The second-order valence-electron chi connectivity index (χ2n) is 6.90. The molecule has 3 heteroatoms. The van der Waals surface area contributed by atoms with Crippen molar-refractivity contribution in [2.24, 2.45) is 5.92 Å². The fourth-order valence-corrected chi connectivity index (χ4v) is 2.97. The van der Waals surface area contributed by atoms with Crippen molar-refractivity contribution in [1.29, 1.82) is 0 Å². The molecule has 0 saturated heterocycles. The molecule has 0 amide bonds. The van der Waals surface area contributed by atoms with Gasteiger partial charge in [-0.1, -0.05) is 74.5 Å². The van der Waals surface area contributed by atoms with Gasteiger partial charge in [-0.3, -0.25) is 0 Å². The minimum absolute atomic E-state index is 0. The van der Waals surface area contributed by atoms with Gasteiger partial charge >= 0.3 is 0 Å². The summed E-state index contributed by atoms with van der Waals surface area (Å²) in [4.78, 5) is 0. The average Bonchev–Trinajstić information content (AvgIpc) is 2.64. The van der Waals surface area contributed by atoms with Crippen LogP contribution in [0.2, 0.25) is 0 Å². The quantitative estimate of drug-likeness (QED) is 0.493. The van der Waals surface area contributed by atoms with Crippen LogP contribution in [0.3, 0.4) is 0 Å². The van der Waals surface area contributed by atoms with Crippen LogP contribution in [0.1, 0.15) is 31.4 Å². The van der Waals surface area contributed by atoms with E-state index < -0.39 is 0 Å². The Bertz CT molecular complexity index is 802. The highest BCUT2D eigenvalue weighted by atomic mass is 35.5. The minimum Gasteiger partial charge on any atom is -0.489 e. The van der Waals surface area contributed by atoms with E-state index in [0.717, 1.165) is 18.8 Å². The van der Waals surface area contributed by atoms with Crippen LogP contribution in [0.15, 0.2) is 66.7 Å². The summed E-state index contributed by atoms with van der Waals surface area (Å²) in [5.74, 6) is 1.69. The zero-order valence-corrected chi connectivity index (χ0v) is 16.4. The van der Waals surface area contributed by atoms with Gasteiger partial charge in [-0.15, -0.1) is 12.4 Å². The summed E-state index contributed by atoms with van der Waals surface area (Å²) in [7, 11) is 0. The molecule has 3 aromatic carbocycles. The van der Waals surface area contributed by atoms with Crippen molar-refractivity contribution in [3.05, 3.63) is 77.9 Å². The molecule has 0 aliphatic carbocycles. The Morgan fingerprint density at radius 2 is 1.62 bits per heavy atom. The van der Waals surface area contributed by atoms with Gasteiger partial charge in [-0.05, 0) is 41.3 Å². The van der Waals surface area contributed by atoms with Crippen molar-refractivity contribution < 1.29 is 4.74 Å². The molecule has 0 aliphatic rings. The second-order valence-corrected chi connectivity index (χ2v) is 6.90. The molecule has 0 aliphatic heterocycles. The lowest BCUT2D eigenvalue weighted by molar-refractivity contribution is 0.302. The predicted molar refractivity (Wildman–Crippen MR) is 113 cm³/mol. The Morgan fingerprint density at radius 1 is 0.885 bits per heavy atom. The third-order valence-electron chi connectivity index (χ3n) is 4.44. The van der Waals surface area contributed by atoms with E-state index >= 15 is 0 Å². The first-order valence-electron chi connectivity index (χ1n) is 9.12. The number of benzene rings is 3. The lowest BCUT2D eigenvalue weighted by Gasteiger charge is -2.15. The molecule has 0 fully saturated rings. The third kappa shape index (κ3) is 5.48. The Hall–Kier alpha value is -2.03. The first kappa shape index (κ1) is 20.3. The van der Waals surface area contributed by atoms with Gasteiger partial charge in [0.05, 0.1) is 0 Å². The molecule has 138 valence electrons. The van der Waals surface area contributed by atoms with Crippen molar-refractivity contribution in [3.63, 3.8) is 0 Å². The Labute approximate surface area is 163 Å². The first-order chi connectivity index (χ1) is 12.2. The maximum absolute atomic E-state index is 6.17. The predicted octanol–water partition coefficient (Wildman–Crippen LogP) is 5.98. The minimum atomic E-state index is 0. The van der Waals surface area contributed by atoms with Crippen LogP contribution >= 0.6 is 12.4 Å². The van der Waals surface area contributed by atoms with Crippen molar-refractivity contribution in [2.75, 3.05) is 6.54 Å². The van der Waals surface area contributed by atoms with Gasteiger partial charge in [0.1, 0.15) is 12.4 Å². The van der Waals surface area contributed by atoms with Crippen molar-refractivity contribution in [1.82, 2.24) is 5.32 Å². The van der Waals surface area contributed by atoms with Crippen LogP contribution in [0.25, 0.3) is 10.8 Å². The summed E-state index contributed by atoms with van der Waals surface area (Å²) in [6.07, 6.45) is 1.19. The number of hydrogen-bond donors (Lipinski definition) is 1. The van der Waals surface area contributed by atoms with E-state index in [2.05, 4.69) is 67.7 Å². The smallest absolute Gasteiger partial charge is 0.124 e. The Balaban J connectivity index is 0.00000243. The van der Waals surface area contributed by atoms with Gasteiger partial charge in [0.25, 0.3) is 0 Å². The monoisotopic (exact) mass is 369 g/mol. The van der Waals surface area contributed by atoms with Crippen LogP contribution in [-0.4, -0.2) is 6.54 Å². The molecule has 0 bridgehead atoms. The van der Waals surface area contributed by atoms with Gasteiger partial charge in [0, 0.05) is 12.1 Å². The number of fused-ring (bicyclic) bond motifs is 1. The van der Waals surface area contributed by atoms with E-state index in [4.69, 9.17) is 4.74 Å². The van der Waals surface area contributed by atoms with Crippen LogP contribution in [-0.2, 0) is 13.2 Å². The lowest BCUT2D eigenvalue weighted by Crippen LogP contribution is -2.17. The number of nitrogens with one attached hydrogen (secondary N) is 1. The van der Waals surface area contributed by atoms with Crippen LogP contribution in [0, 0.1) is 5.92 Å². The summed E-state index contributed by atoms with van der Waals surface area (Å²) in [6, 6.07) is 23.1. The van der Waals surface area contributed by atoms with E-state index in [-0.39, 0.29) is 12.4 Å². The van der Waals surface area contributed by atoms with Gasteiger partial charge in [0.2, 0.25) is 0 Å². The van der Waals surface area contributed by atoms with E-state index in [0.29, 0.717) is 12.5 Å². The van der Waals surface area contributed by atoms with Crippen LogP contribution < -0.4 is 10.1 Å². The molecule has 2 nitrogen and oxygen atoms in total. The topological polar surface area (TPSA) is 21.3 Å². The molecule has 1 N–H and O–H groups in total. The van der Waals surface area contributed by atoms with Gasteiger partial charge in [-0.2, -0.15) is 0 Å². The van der Waals surface area contributed by atoms with E-state index in [9.17, 15) is 0 Å². The van der Waals surface area contributed by atoms with E-state index in [1.54, 1.807) is 0 Å². The zero-order valence-electron chi connectivity index (χ0n) is 15.6. The fraction of sp³-hybridized carbons (Fsp3) is 0.304. The number of ether oxygens (including phenoxy) is 1. The SMILES string of the molecule is CC(C)CCNCc1c(OCc2ccccc2)ccc2ccccc12.Cl. The molecule has 26 heavy (non-hydrogen) atoms. The standard InChI is InChI=1S/C23H27NO.ClH/c1-18(2)14-15-24-16-22-21-11-7-6-10-20(21)12-13-23(22)25-17-19-8-4-3-5-9-19;/h3-13,18,24H,14-17H2,1-2H3;1H. The molecule has 0 unspecified atom stereocenters. The van der Waals surface area contributed by atoms with Crippen LogP contribution in [0.5, 0.6) is 5.75 Å². The van der Waals surface area contributed by atoms with E-state index in [1.165, 1.54) is 28.3 Å². The van der Waals surface area contributed by atoms with Crippen LogP contribution in [0.4, 0.5) is 0 Å². The van der Waals surface area contributed by atoms with Gasteiger partial charge < -0.3 is 10.1 Å². The molecular formula is C23H28ClNO. The maximum Gasteiger partial charge on any atom is 0.124 e. The third-order valence-corrected chi connectivity index (χ3v) is 4.44. The maximum atomic E-state index is 6.17. The van der Waals surface area contributed by atoms with Crippen molar-refractivity contribution in [3.8, 4) is 5.75 Å². The van der Waals surface area contributed by atoms with Crippen molar-refractivity contribution >= 4 is 23.2 Å². The summed E-state index contributed by atoms with van der Waals surface area (Å²) in [5, 5.41) is 6.11. The number of rotatable bonds is 8. The molecule has 0 atom stereocenters. The molecule has 3 aromatic rings. The molecule has 0 radical (unpaired) electrons. The second kappa shape index (κ2) is 10.2. The van der Waals surface area contributed by atoms with E-state index in [1.807, 2.05) is 18.2 Å². The highest BCUT2D eigenvalue weighted by Crippen LogP contribution is 2.28. The summed E-state index contributed by atoms with van der Waals surface area (Å²) < 4.78 is 6.17. The zero-order chi connectivity index (χ0) is 17.5. The molecular weight excluding hydrogens is 342 g/mol. The Kier molecular flexibility index (Phi) is 7.96. The number of halogens is 1. The molecule has 0 heterocycles. The largest absolute Gasteiger partial charge is 0.489 e. The molecule has 3 rings (SSSR count). The highest BCUT2D eigenvalue weighted by molar-refractivity contribution is 5.87.